The van der Waals surface area contributed by atoms with Crippen LogP contribution < -0.4 is 19.5 Å². The van der Waals surface area contributed by atoms with E-state index in [2.05, 4.69) is 5.32 Å². The minimum Gasteiger partial charge on any atom is -0.497 e. The van der Waals surface area contributed by atoms with E-state index >= 15 is 0 Å². The van der Waals surface area contributed by atoms with Crippen molar-refractivity contribution < 1.29 is 28.5 Å². The zero-order valence-electron chi connectivity index (χ0n) is 14.2. The van der Waals surface area contributed by atoms with E-state index in [9.17, 15) is 9.59 Å². The number of rotatable bonds is 7. The first kappa shape index (κ1) is 18.1. The van der Waals surface area contributed by atoms with Gasteiger partial charge in [0.15, 0.2) is 18.1 Å². The lowest BCUT2D eigenvalue weighted by Crippen LogP contribution is -2.21. The summed E-state index contributed by atoms with van der Waals surface area (Å²) in [5.41, 5.74) is 0.750. The molecule has 2 rings (SSSR count). The summed E-state index contributed by atoms with van der Waals surface area (Å²) in [6.45, 7) is -0.425. The lowest BCUT2D eigenvalue weighted by atomic mass is 10.2. The van der Waals surface area contributed by atoms with E-state index < -0.39 is 18.5 Å². The fourth-order valence-electron chi connectivity index (χ4n) is 2.13. The Hall–Kier alpha value is -3.22. The number of carbonyl (C=O) groups excluding carboxylic acids is 2. The Morgan fingerprint density at radius 1 is 0.920 bits per heavy atom. The molecule has 1 N–H and O–H groups in total. The van der Waals surface area contributed by atoms with Gasteiger partial charge in [-0.15, -0.1) is 0 Å². The highest BCUT2D eigenvalue weighted by molar-refractivity contribution is 5.97. The molecule has 132 valence electrons. The Morgan fingerprint density at radius 2 is 1.64 bits per heavy atom. The van der Waals surface area contributed by atoms with Crippen LogP contribution in [0.15, 0.2) is 42.5 Å². The fraction of sp³-hybridized carbons (Fsp3) is 0.222. The maximum atomic E-state index is 12.2. The van der Waals surface area contributed by atoms with Gasteiger partial charge in [-0.2, -0.15) is 0 Å². The van der Waals surface area contributed by atoms with Crippen molar-refractivity contribution in [2.24, 2.45) is 0 Å². The first-order chi connectivity index (χ1) is 12.1. The molecule has 0 fully saturated rings. The third-order valence-corrected chi connectivity index (χ3v) is 3.33. The number of anilines is 1. The Labute approximate surface area is 145 Å². The summed E-state index contributed by atoms with van der Waals surface area (Å²) in [5, 5.41) is 2.62. The second kappa shape index (κ2) is 8.58. The SMILES string of the molecule is COc1ccc(NC(=O)COC(=O)c2cccc(OC)c2OC)cc1. The van der Waals surface area contributed by atoms with Crippen molar-refractivity contribution in [1.82, 2.24) is 0 Å². The Morgan fingerprint density at radius 3 is 2.24 bits per heavy atom. The lowest BCUT2D eigenvalue weighted by molar-refractivity contribution is -0.119. The van der Waals surface area contributed by atoms with Crippen molar-refractivity contribution in [2.45, 2.75) is 0 Å². The van der Waals surface area contributed by atoms with E-state index in [4.69, 9.17) is 18.9 Å². The van der Waals surface area contributed by atoms with Crippen LogP contribution in [0.25, 0.3) is 0 Å². The van der Waals surface area contributed by atoms with Gasteiger partial charge >= 0.3 is 5.97 Å². The molecule has 7 nitrogen and oxygen atoms in total. The predicted molar refractivity (Wildman–Crippen MR) is 91.5 cm³/mol. The number of benzene rings is 2. The Bertz CT molecular complexity index is 742. The normalized spacial score (nSPS) is 9.88. The van der Waals surface area contributed by atoms with E-state index in [0.29, 0.717) is 17.2 Å². The molecule has 0 bridgehead atoms. The molecule has 0 aliphatic rings. The number of esters is 1. The fourth-order valence-corrected chi connectivity index (χ4v) is 2.13. The summed E-state index contributed by atoms with van der Waals surface area (Å²) in [6.07, 6.45) is 0. The molecule has 0 aromatic heterocycles. The molecule has 2 aromatic rings. The van der Waals surface area contributed by atoms with Gasteiger partial charge in [-0.1, -0.05) is 6.07 Å². The summed E-state index contributed by atoms with van der Waals surface area (Å²) in [6, 6.07) is 11.6. The summed E-state index contributed by atoms with van der Waals surface area (Å²) in [5.74, 6) is 0.195. The van der Waals surface area contributed by atoms with Crippen molar-refractivity contribution in [3.05, 3.63) is 48.0 Å². The first-order valence-corrected chi connectivity index (χ1v) is 7.41. The van der Waals surface area contributed by atoms with Gasteiger partial charge in [0.1, 0.15) is 11.3 Å². The van der Waals surface area contributed by atoms with Crippen LogP contribution in [0.2, 0.25) is 0 Å². The van der Waals surface area contributed by atoms with Gasteiger partial charge in [-0.25, -0.2) is 4.79 Å². The molecule has 0 aliphatic heterocycles. The van der Waals surface area contributed by atoms with Crippen molar-refractivity contribution in [2.75, 3.05) is 33.3 Å². The van der Waals surface area contributed by atoms with Crippen LogP contribution in [0.3, 0.4) is 0 Å². The molecular formula is C18H19NO6. The molecule has 0 saturated heterocycles. The summed E-state index contributed by atoms with van der Waals surface area (Å²) in [7, 11) is 4.44. The molecular weight excluding hydrogens is 326 g/mol. The molecule has 25 heavy (non-hydrogen) atoms. The lowest BCUT2D eigenvalue weighted by Gasteiger charge is -2.12. The van der Waals surface area contributed by atoms with Gasteiger partial charge in [-0.05, 0) is 36.4 Å². The molecule has 0 aliphatic carbocycles. The molecule has 0 heterocycles. The number of nitrogens with one attached hydrogen (secondary N) is 1. The van der Waals surface area contributed by atoms with Crippen LogP contribution in [0.1, 0.15) is 10.4 Å². The van der Waals surface area contributed by atoms with E-state index in [1.807, 2.05) is 0 Å². The molecule has 1 amide bonds. The van der Waals surface area contributed by atoms with Crippen LogP contribution in [0.5, 0.6) is 17.2 Å². The topological polar surface area (TPSA) is 83.1 Å². The van der Waals surface area contributed by atoms with Gasteiger partial charge < -0.3 is 24.3 Å². The van der Waals surface area contributed by atoms with E-state index in [-0.39, 0.29) is 11.3 Å². The largest absolute Gasteiger partial charge is 0.497 e. The molecule has 0 atom stereocenters. The van der Waals surface area contributed by atoms with Gasteiger partial charge in [0.2, 0.25) is 0 Å². The molecule has 0 spiro atoms. The van der Waals surface area contributed by atoms with Crippen molar-refractivity contribution in [3.8, 4) is 17.2 Å². The summed E-state index contributed by atoms with van der Waals surface area (Å²) >= 11 is 0. The number of methoxy groups -OCH3 is 3. The third-order valence-electron chi connectivity index (χ3n) is 3.33. The predicted octanol–water partition coefficient (Wildman–Crippen LogP) is 2.51. The maximum Gasteiger partial charge on any atom is 0.342 e. The number of ether oxygens (including phenoxy) is 4. The van der Waals surface area contributed by atoms with Crippen molar-refractivity contribution >= 4 is 17.6 Å². The minimum atomic E-state index is -0.680. The monoisotopic (exact) mass is 345 g/mol. The van der Waals surface area contributed by atoms with Crippen LogP contribution in [0.4, 0.5) is 5.69 Å². The number of hydrogen-bond donors (Lipinski definition) is 1. The van der Waals surface area contributed by atoms with Gasteiger partial charge in [0.05, 0.1) is 21.3 Å². The number of amides is 1. The summed E-state index contributed by atoms with van der Waals surface area (Å²) < 4.78 is 20.4. The molecule has 0 saturated carbocycles. The molecule has 7 heteroatoms. The highest BCUT2D eigenvalue weighted by Gasteiger charge is 2.18. The van der Waals surface area contributed by atoms with Crippen LogP contribution >= 0.6 is 0 Å². The zero-order valence-corrected chi connectivity index (χ0v) is 14.2. The molecule has 0 radical (unpaired) electrons. The number of hydrogen-bond acceptors (Lipinski definition) is 6. The van der Waals surface area contributed by atoms with E-state index in [1.165, 1.54) is 20.3 Å². The number of carbonyl (C=O) groups is 2. The van der Waals surface area contributed by atoms with Gasteiger partial charge in [-0.3, -0.25) is 4.79 Å². The summed E-state index contributed by atoms with van der Waals surface area (Å²) in [4.78, 5) is 24.1. The highest BCUT2D eigenvalue weighted by Crippen LogP contribution is 2.31. The quantitative estimate of drug-likeness (QED) is 0.777. The first-order valence-electron chi connectivity index (χ1n) is 7.41. The van der Waals surface area contributed by atoms with Crippen molar-refractivity contribution in [3.63, 3.8) is 0 Å². The second-order valence-corrected chi connectivity index (χ2v) is 4.89. The average Bonchev–Trinajstić information content (AvgIpc) is 2.65. The maximum absolute atomic E-state index is 12.2. The third kappa shape index (κ3) is 4.63. The second-order valence-electron chi connectivity index (χ2n) is 4.89. The Kier molecular flexibility index (Phi) is 6.22. The Balaban J connectivity index is 1.96. The van der Waals surface area contributed by atoms with E-state index in [1.54, 1.807) is 43.5 Å². The minimum absolute atomic E-state index is 0.180. The van der Waals surface area contributed by atoms with Crippen LogP contribution in [0, 0.1) is 0 Å². The van der Waals surface area contributed by atoms with Crippen LogP contribution in [-0.2, 0) is 9.53 Å². The highest BCUT2D eigenvalue weighted by atomic mass is 16.5. The van der Waals surface area contributed by atoms with Crippen LogP contribution in [-0.4, -0.2) is 39.8 Å². The van der Waals surface area contributed by atoms with E-state index in [0.717, 1.165) is 0 Å². The zero-order chi connectivity index (χ0) is 18.2. The van der Waals surface area contributed by atoms with Crippen molar-refractivity contribution in [1.29, 1.82) is 0 Å². The smallest absolute Gasteiger partial charge is 0.342 e. The average molecular weight is 345 g/mol. The molecule has 0 unspecified atom stereocenters. The molecule has 2 aromatic carbocycles. The van der Waals surface area contributed by atoms with Gasteiger partial charge in [0, 0.05) is 5.69 Å². The number of para-hydroxylation sites is 1. The van der Waals surface area contributed by atoms with Gasteiger partial charge in [0.25, 0.3) is 5.91 Å². The standard InChI is InChI=1S/C18H19NO6/c1-22-13-9-7-12(8-10-13)19-16(20)11-25-18(21)14-5-4-6-15(23-2)17(14)24-3/h4-10H,11H2,1-3H3,(H,19,20).